The number of alkyl halides is 6. The number of benzene rings is 1. The van der Waals surface area contributed by atoms with E-state index in [1.807, 2.05) is 0 Å². The molecule has 2 aromatic rings. The van der Waals surface area contributed by atoms with E-state index in [2.05, 4.69) is 14.7 Å². The lowest BCUT2D eigenvalue weighted by molar-refractivity contribution is -0.159. The van der Waals surface area contributed by atoms with E-state index in [9.17, 15) is 26.3 Å². The molecule has 0 bridgehead atoms. The van der Waals surface area contributed by atoms with E-state index in [-0.39, 0.29) is 5.56 Å². The molecule has 0 aliphatic carbocycles. The van der Waals surface area contributed by atoms with Crippen molar-refractivity contribution in [3.05, 3.63) is 47.1 Å². The van der Waals surface area contributed by atoms with Gasteiger partial charge in [0.1, 0.15) is 0 Å². The van der Waals surface area contributed by atoms with Crippen molar-refractivity contribution in [3.63, 3.8) is 0 Å². The SMILES string of the molecule is NC(c1ccc(C(F)(F)F)cc1)c1noc(C(F)(F)F)n1. The van der Waals surface area contributed by atoms with E-state index < -0.39 is 35.7 Å². The Morgan fingerprint density at radius 3 is 1.95 bits per heavy atom. The summed E-state index contributed by atoms with van der Waals surface area (Å²) in [6.45, 7) is 0. The molecule has 114 valence electrons. The summed E-state index contributed by atoms with van der Waals surface area (Å²) < 4.78 is 78.0. The minimum absolute atomic E-state index is 0.123. The summed E-state index contributed by atoms with van der Waals surface area (Å²) in [5.41, 5.74) is 4.82. The highest BCUT2D eigenvalue weighted by atomic mass is 19.4. The molecule has 1 heterocycles. The maximum atomic E-state index is 12.4. The molecule has 2 N–H and O–H groups in total. The Bertz CT molecular complexity index is 616. The van der Waals surface area contributed by atoms with Gasteiger partial charge in [-0.2, -0.15) is 31.3 Å². The van der Waals surface area contributed by atoms with Crippen molar-refractivity contribution in [3.8, 4) is 0 Å². The number of aromatic nitrogens is 2. The molecule has 0 spiro atoms. The molecular weight excluding hydrogens is 304 g/mol. The highest BCUT2D eigenvalue weighted by Crippen LogP contribution is 2.31. The van der Waals surface area contributed by atoms with Crippen LogP contribution in [0.5, 0.6) is 0 Å². The summed E-state index contributed by atoms with van der Waals surface area (Å²) in [6, 6.07) is 2.38. The van der Waals surface area contributed by atoms with Crippen LogP contribution in [0.2, 0.25) is 0 Å². The van der Waals surface area contributed by atoms with Gasteiger partial charge < -0.3 is 10.3 Å². The van der Waals surface area contributed by atoms with Gasteiger partial charge in [-0.15, -0.1) is 0 Å². The van der Waals surface area contributed by atoms with Gasteiger partial charge >= 0.3 is 18.2 Å². The number of rotatable bonds is 2. The summed E-state index contributed by atoms with van der Waals surface area (Å²) in [6.07, 6.45) is -9.33. The van der Waals surface area contributed by atoms with E-state index in [1.165, 1.54) is 0 Å². The van der Waals surface area contributed by atoms with Gasteiger partial charge in [0.2, 0.25) is 0 Å². The van der Waals surface area contributed by atoms with Crippen molar-refractivity contribution < 1.29 is 30.9 Å². The van der Waals surface area contributed by atoms with E-state index >= 15 is 0 Å². The number of nitrogens with two attached hydrogens (primary N) is 1. The lowest BCUT2D eigenvalue weighted by Crippen LogP contribution is -2.15. The Morgan fingerprint density at radius 1 is 0.952 bits per heavy atom. The van der Waals surface area contributed by atoms with Crippen LogP contribution in [-0.2, 0) is 12.4 Å². The molecule has 0 saturated heterocycles. The molecule has 2 rings (SSSR count). The minimum atomic E-state index is -4.81. The smallest absolute Gasteiger partial charge is 0.329 e. The van der Waals surface area contributed by atoms with Crippen LogP contribution >= 0.6 is 0 Å². The molecular formula is C11H7F6N3O. The first-order valence-electron chi connectivity index (χ1n) is 5.42. The predicted molar refractivity (Wildman–Crippen MR) is 56.8 cm³/mol. The van der Waals surface area contributed by atoms with Gasteiger partial charge in [0.05, 0.1) is 11.6 Å². The number of hydrogen-bond acceptors (Lipinski definition) is 4. The van der Waals surface area contributed by atoms with Crippen LogP contribution in [0.15, 0.2) is 28.8 Å². The zero-order valence-corrected chi connectivity index (χ0v) is 10.0. The van der Waals surface area contributed by atoms with E-state index in [0.29, 0.717) is 0 Å². The number of nitrogens with zero attached hydrogens (tertiary/aromatic N) is 2. The molecule has 0 aliphatic heterocycles. The van der Waals surface area contributed by atoms with Crippen molar-refractivity contribution in [1.29, 1.82) is 0 Å². The Kier molecular flexibility index (Phi) is 3.66. The first-order chi connectivity index (χ1) is 9.59. The first kappa shape index (κ1) is 15.3. The second-order valence-corrected chi connectivity index (χ2v) is 4.05. The molecule has 1 unspecified atom stereocenters. The monoisotopic (exact) mass is 311 g/mol. The molecule has 0 saturated carbocycles. The molecule has 1 aromatic carbocycles. The molecule has 4 nitrogen and oxygen atoms in total. The lowest BCUT2D eigenvalue weighted by Gasteiger charge is -2.10. The molecule has 0 aliphatic rings. The molecule has 21 heavy (non-hydrogen) atoms. The van der Waals surface area contributed by atoms with Crippen molar-refractivity contribution in [2.45, 2.75) is 18.4 Å². The fourth-order valence-electron chi connectivity index (χ4n) is 1.50. The quantitative estimate of drug-likeness (QED) is 0.865. The zero-order valence-electron chi connectivity index (χ0n) is 10.0. The third-order valence-corrected chi connectivity index (χ3v) is 2.56. The summed E-state index contributed by atoms with van der Waals surface area (Å²) in [5.74, 6) is -2.04. The van der Waals surface area contributed by atoms with Crippen LogP contribution in [0.4, 0.5) is 26.3 Å². The van der Waals surface area contributed by atoms with Crippen molar-refractivity contribution >= 4 is 0 Å². The molecule has 0 radical (unpaired) electrons. The third kappa shape index (κ3) is 3.32. The standard InChI is InChI=1S/C11H7F6N3O/c12-10(13,14)6-3-1-5(2-4-6)7(18)8-19-9(21-20-8)11(15,16)17/h1-4,7H,18H2. The fraction of sp³-hybridized carbons (Fsp3) is 0.273. The molecule has 1 aromatic heterocycles. The first-order valence-corrected chi connectivity index (χ1v) is 5.42. The Labute approximate surface area is 113 Å². The van der Waals surface area contributed by atoms with Crippen LogP contribution in [0.1, 0.15) is 28.9 Å². The maximum Gasteiger partial charge on any atom is 0.471 e. The highest BCUT2D eigenvalue weighted by molar-refractivity contribution is 5.29. The number of halogens is 6. The zero-order chi connectivity index (χ0) is 15.8. The van der Waals surface area contributed by atoms with Gasteiger partial charge in [-0.05, 0) is 17.7 Å². The third-order valence-electron chi connectivity index (χ3n) is 2.56. The van der Waals surface area contributed by atoms with Gasteiger partial charge in [-0.25, -0.2) is 0 Å². The topological polar surface area (TPSA) is 64.9 Å². The van der Waals surface area contributed by atoms with Gasteiger partial charge in [-0.3, -0.25) is 0 Å². The van der Waals surface area contributed by atoms with Crippen molar-refractivity contribution in [2.24, 2.45) is 5.73 Å². The van der Waals surface area contributed by atoms with E-state index in [1.54, 1.807) is 0 Å². The minimum Gasteiger partial charge on any atom is -0.329 e. The van der Waals surface area contributed by atoms with Crippen LogP contribution in [0.3, 0.4) is 0 Å². The number of hydrogen-bond donors (Lipinski definition) is 1. The maximum absolute atomic E-state index is 12.4. The van der Waals surface area contributed by atoms with Gasteiger partial charge in [-0.1, -0.05) is 17.3 Å². The van der Waals surface area contributed by atoms with Crippen molar-refractivity contribution in [2.75, 3.05) is 0 Å². The average Bonchev–Trinajstić information content (AvgIpc) is 2.86. The second kappa shape index (κ2) is 5.02. The largest absolute Gasteiger partial charge is 0.471 e. The predicted octanol–water partition coefficient (Wildman–Crippen LogP) is 3.16. The second-order valence-electron chi connectivity index (χ2n) is 4.05. The molecule has 1 atom stereocenters. The Hall–Kier alpha value is -2.10. The highest BCUT2D eigenvalue weighted by Gasteiger charge is 2.39. The summed E-state index contributed by atoms with van der Waals surface area (Å²) >= 11 is 0. The van der Waals surface area contributed by atoms with Gasteiger partial charge in [0.25, 0.3) is 0 Å². The molecule has 0 fully saturated rings. The van der Waals surface area contributed by atoms with Crippen molar-refractivity contribution in [1.82, 2.24) is 10.1 Å². The average molecular weight is 311 g/mol. The fourth-order valence-corrected chi connectivity index (χ4v) is 1.50. The van der Waals surface area contributed by atoms with Crippen LogP contribution in [0, 0.1) is 0 Å². The van der Waals surface area contributed by atoms with Crippen LogP contribution in [0.25, 0.3) is 0 Å². The summed E-state index contributed by atoms with van der Waals surface area (Å²) in [4.78, 5) is 3.08. The van der Waals surface area contributed by atoms with E-state index in [4.69, 9.17) is 5.73 Å². The Balaban J connectivity index is 2.24. The summed E-state index contributed by atoms with van der Waals surface area (Å²) in [5, 5.41) is 3.08. The van der Waals surface area contributed by atoms with Crippen LogP contribution < -0.4 is 5.73 Å². The lowest BCUT2D eigenvalue weighted by atomic mass is 10.0. The summed E-state index contributed by atoms with van der Waals surface area (Å²) in [7, 11) is 0. The Morgan fingerprint density at radius 2 is 1.52 bits per heavy atom. The van der Waals surface area contributed by atoms with Gasteiger partial charge in [0, 0.05) is 0 Å². The normalized spacial score (nSPS) is 14.2. The van der Waals surface area contributed by atoms with E-state index in [0.717, 1.165) is 24.3 Å². The molecule has 10 heteroatoms. The molecule has 0 amide bonds. The van der Waals surface area contributed by atoms with Crippen LogP contribution in [-0.4, -0.2) is 10.1 Å². The van der Waals surface area contributed by atoms with Gasteiger partial charge in [0.15, 0.2) is 5.82 Å².